The maximum absolute atomic E-state index is 12.7. The smallest absolute Gasteiger partial charge is 0.336 e. The molecule has 2 N–H and O–H groups in total. The number of methoxy groups -OCH3 is 1. The Balaban J connectivity index is 0.00000243. The van der Waals surface area contributed by atoms with Crippen LogP contribution in [0.4, 0.5) is 0 Å². The molecule has 1 saturated heterocycles. The molecule has 9 heteroatoms. The molecule has 7 nitrogen and oxygen atoms in total. The maximum atomic E-state index is 12.7. The molecule has 0 unspecified atom stereocenters. The highest BCUT2D eigenvalue weighted by molar-refractivity contribution is 7.89. The molecule has 0 amide bonds. The number of hydrogen-bond acceptors (Lipinski definition) is 6. The van der Waals surface area contributed by atoms with Gasteiger partial charge in [0, 0.05) is 30.5 Å². The van der Waals surface area contributed by atoms with Gasteiger partial charge in [-0.25, -0.2) is 17.9 Å². The van der Waals surface area contributed by atoms with Crippen LogP contribution in [0.1, 0.15) is 12.8 Å². The van der Waals surface area contributed by atoms with Gasteiger partial charge in [0.05, 0.1) is 11.5 Å². The lowest BCUT2D eigenvalue weighted by Crippen LogP contribution is -2.47. The second kappa shape index (κ2) is 8.49. The van der Waals surface area contributed by atoms with Crippen molar-refractivity contribution >= 4 is 33.4 Å². The lowest BCUT2D eigenvalue weighted by molar-refractivity contribution is 0.0577. The third kappa shape index (κ3) is 4.63. The first kappa shape index (κ1) is 20.9. The third-order valence-corrected chi connectivity index (χ3v) is 6.05. The van der Waals surface area contributed by atoms with Crippen LogP contribution in [0.25, 0.3) is 11.0 Å². The molecule has 0 bridgehead atoms. The van der Waals surface area contributed by atoms with Gasteiger partial charge in [0.15, 0.2) is 0 Å². The van der Waals surface area contributed by atoms with E-state index in [2.05, 4.69) is 10.0 Å². The summed E-state index contributed by atoms with van der Waals surface area (Å²) in [5.74, 6) is 0. The largest absolute Gasteiger partial charge is 0.423 e. The van der Waals surface area contributed by atoms with Gasteiger partial charge in [0.2, 0.25) is 10.0 Å². The summed E-state index contributed by atoms with van der Waals surface area (Å²) in [6.07, 6.45) is 1.71. The molecule has 0 atom stereocenters. The zero-order chi connectivity index (χ0) is 17.9. The first-order chi connectivity index (χ1) is 11.9. The van der Waals surface area contributed by atoms with Gasteiger partial charge in [-0.2, -0.15) is 0 Å². The van der Waals surface area contributed by atoms with Crippen molar-refractivity contribution in [1.29, 1.82) is 0 Å². The summed E-state index contributed by atoms with van der Waals surface area (Å²) in [6.45, 7) is 2.53. The number of sulfonamides is 1. The topological polar surface area (TPSA) is 97.6 Å². The van der Waals surface area contributed by atoms with Crippen LogP contribution in [-0.2, 0) is 14.8 Å². The van der Waals surface area contributed by atoms with Crippen LogP contribution in [0.5, 0.6) is 0 Å². The Kier molecular flexibility index (Phi) is 6.81. The van der Waals surface area contributed by atoms with E-state index in [0.717, 1.165) is 25.9 Å². The molecule has 1 aromatic carbocycles. The standard InChI is InChI=1S/C17H22N2O5S.ClH/c1-23-12-17(6-8-18-9-7-17)11-19-25(21,22)14-3-4-15-13(10-14)2-5-16(20)24-15;/h2-5,10,18-19H,6-9,11-12H2,1H3;1H. The first-order valence-electron chi connectivity index (χ1n) is 8.17. The minimum Gasteiger partial charge on any atom is -0.423 e. The Hall–Kier alpha value is -1.45. The highest BCUT2D eigenvalue weighted by Gasteiger charge is 2.33. The predicted octanol–water partition coefficient (Wildman–Crippen LogP) is 1.51. The van der Waals surface area contributed by atoms with Crippen LogP contribution in [-0.4, -0.2) is 41.8 Å². The van der Waals surface area contributed by atoms with Gasteiger partial charge in [-0.1, -0.05) is 0 Å². The van der Waals surface area contributed by atoms with Crippen LogP contribution in [0.3, 0.4) is 0 Å². The summed E-state index contributed by atoms with van der Waals surface area (Å²) in [5.41, 5.74) is -0.300. The lowest BCUT2D eigenvalue weighted by atomic mass is 9.80. The number of rotatable bonds is 6. The molecule has 0 saturated carbocycles. The fourth-order valence-corrected chi connectivity index (χ4v) is 4.38. The van der Waals surface area contributed by atoms with E-state index in [1.807, 2.05) is 0 Å². The van der Waals surface area contributed by atoms with Crippen molar-refractivity contribution in [2.24, 2.45) is 5.41 Å². The Labute approximate surface area is 158 Å². The van der Waals surface area contributed by atoms with Crippen LogP contribution < -0.4 is 15.7 Å². The number of piperidine rings is 1. The van der Waals surface area contributed by atoms with E-state index in [9.17, 15) is 13.2 Å². The zero-order valence-electron chi connectivity index (χ0n) is 14.5. The molecular formula is C17H23ClN2O5S. The molecule has 1 aromatic heterocycles. The van der Waals surface area contributed by atoms with E-state index in [1.54, 1.807) is 13.2 Å². The van der Waals surface area contributed by atoms with E-state index in [1.165, 1.54) is 24.3 Å². The molecule has 0 radical (unpaired) electrons. The molecule has 2 aromatic rings. The van der Waals surface area contributed by atoms with E-state index in [4.69, 9.17) is 9.15 Å². The molecule has 26 heavy (non-hydrogen) atoms. The van der Waals surface area contributed by atoms with Gasteiger partial charge in [0.25, 0.3) is 0 Å². The predicted molar refractivity (Wildman–Crippen MR) is 101 cm³/mol. The van der Waals surface area contributed by atoms with Gasteiger partial charge >= 0.3 is 5.63 Å². The number of fused-ring (bicyclic) bond motifs is 1. The Morgan fingerprint density at radius 3 is 2.65 bits per heavy atom. The maximum Gasteiger partial charge on any atom is 0.336 e. The van der Waals surface area contributed by atoms with Gasteiger partial charge in [-0.3, -0.25) is 0 Å². The Morgan fingerprint density at radius 1 is 1.23 bits per heavy atom. The van der Waals surface area contributed by atoms with Crippen molar-refractivity contribution < 1.29 is 17.6 Å². The molecule has 3 rings (SSSR count). The highest BCUT2D eigenvalue weighted by atomic mass is 35.5. The summed E-state index contributed by atoms with van der Waals surface area (Å²) >= 11 is 0. The summed E-state index contributed by atoms with van der Waals surface area (Å²) in [6, 6.07) is 7.28. The molecular weight excluding hydrogens is 380 g/mol. The van der Waals surface area contributed by atoms with Crippen LogP contribution in [0, 0.1) is 5.41 Å². The van der Waals surface area contributed by atoms with Gasteiger partial charge in [0.1, 0.15) is 5.58 Å². The van der Waals surface area contributed by atoms with Crippen LogP contribution in [0.15, 0.2) is 44.4 Å². The van der Waals surface area contributed by atoms with Crippen LogP contribution >= 0.6 is 12.4 Å². The minimum absolute atomic E-state index is 0. The molecule has 0 aliphatic carbocycles. The molecule has 1 aliphatic rings. The van der Waals surface area contributed by atoms with Crippen molar-refractivity contribution in [2.75, 3.05) is 33.4 Å². The van der Waals surface area contributed by atoms with E-state index in [0.29, 0.717) is 24.1 Å². The van der Waals surface area contributed by atoms with E-state index >= 15 is 0 Å². The first-order valence-corrected chi connectivity index (χ1v) is 9.66. The average Bonchev–Trinajstić information content (AvgIpc) is 2.61. The van der Waals surface area contributed by atoms with Crippen molar-refractivity contribution in [3.05, 3.63) is 40.8 Å². The highest BCUT2D eigenvalue weighted by Crippen LogP contribution is 2.29. The number of ether oxygens (including phenoxy) is 1. The van der Waals surface area contributed by atoms with Crippen molar-refractivity contribution in [2.45, 2.75) is 17.7 Å². The second-order valence-electron chi connectivity index (χ2n) is 6.46. The van der Waals surface area contributed by atoms with E-state index in [-0.39, 0.29) is 22.7 Å². The fraction of sp³-hybridized carbons (Fsp3) is 0.471. The average molecular weight is 403 g/mol. The van der Waals surface area contributed by atoms with Crippen molar-refractivity contribution in [1.82, 2.24) is 10.0 Å². The van der Waals surface area contributed by atoms with Gasteiger partial charge in [-0.15, -0.1) is 12.4 Å². The summed E-state index contributed by atoms with van der Waals surface area (Å²) in [5, 5.41) is 3.85. The molecule has 0 spiro atoms. The van der Waals surface area contributed by atoms with Gasteiger partial charge < -0.3 is 14.5 Å². The molecule has 144 valence electrons. The van der Waals surface area contributed by atoms with Gasteiger partial charge in [-0.05, 0) is 50.2 Å². The zero-order valence-corrected chi connectivity index (χ0v) is 16.1. The molecule has 1 aliphatic heterocycles. The van der Waals surface area contributed by atoms with Crippen LogP contribution in [0.2, 0.25) is 0 Å². The summed E-state index contributed by atoms with van der Waals surface area (Å²) < 4.78 is 38.4. The normalized spacial score (nSPS) is 17.0. The Morgan fingerprint density at radius 2 is 1.96 bits per heavy atom. The summed E-state index contributed by atoms with van der Waals surface area (Å²) in [7, 11) is -2.03. The quantitative estimate of drug-likeness (QED) is 0.711. The van der Waals surface area contributed by atoms with Crippen molar-refractivity contribution in [3.8, 4) is 0 Å². The minimum atomic E-state index is -3.66. The number of hydrogen-bond donors (Lipinski definition) is 2. The Bertz CT molecular complexity index is 901. The fourth-order valence-electron chi connectivity index (χ4n) is 3.18. The number of halogens is 1. The van der Waals surface area contributed by atoms with E-state index < -0.39 is 15.6 Å². The lowest BCUT2D eigenvalue weighted by Gasteiger charge is -2.37. The van der Waals surface area contributed by atoms with Crippen molar-refractivity contribution in [3.63, 3.8) is 0 Å². The summed E-state index contributed by atoms with van der Waals surface area (Å²) in [4.78, 5) is 11.4. The third-order valence-electron chi connectivity index (χ3n) is 4.65. The SMILES string of the molecule is COCC1(CNS(=O)(=O)c2ccc3oc(=O)ccc3c2)CCNCC1.Cl. The molecule has 2 heterocycles. The number of benzene rings is 1. The monoisotopic (exact) mass is 402 g/mol. The molecule has 1 fully saturated rings. The number of nitrogens with one attached hydrogen (secondary N) is 2. The second-order valence-corrected chi connectivity index (χ2v) is 8.23.